The molecule has 0 saturated heterocycles. The first-order valence-corrected chi connectivity index (χ1v) is 5.21. The zero-order chi connectivity index (χ0) is 13.0. The monoisotopic (exact) mass is 244 g/mol. The maximum absolute atomic E-state index is 10.4. The molecule has 6 heteroatoms. The molecule has 0 aliphatic rings. The Balaban J connectivity index is 2.58. The molecule has 92 valence electrons. The Bertz CT molecular complexity index is 610. The molecule has 0 saturated carbocycles. The number of hydrogen-bond acceptors (Lipinski definition) is 4. The second-order valence-corrected chi connectivity index (χ2v) is 3.48. The highest BCUT2D eigenvalue weighted by molar-refractivity contribution is 5.94. The molecule has 2 aromatic rings. The molecule has 0 fully saturated rings. The van der Waals surface area contributed by atoms with Crippen molar-refractivity contribution in [2.75, 3.05) is 12.4 Å². The maximum atomic E-state index is 10.4. The van der Waals surface area contributed by atoms with Crippen molar-refractivity contribution in [2.24, 2.45) is 10.7 Å². The molecule has 3 N–H and O–H groups in total. The largest absolute Gasteiger partial charge is 0.469 e. The van der Waals surface area contributed by atoms with Gasteiger partial charge in [-0.15, -0.1) is 0 Å². The molecule has 1 aromatic heterocycles. The number of nitrogens with zero attached hydrogens (tertiary/aromatic N) is 2. The predicted octanol–water partition coefficient (Wildman–Crippen LogP) is 1.40. The van der Waals surface area contributed by atoms with E-state index in [1.165, 1.54) is 7.11 Å². The number of methoxy groups -OCH3 is 1. The number of amides is 1. The molecule has 0 radical (unpaired) electrons. The minimum atomic E-state index is 0.0660. The maximum Gasteiger partial charge on any atom is 0.286 e. The summed E-state index contributed by atoms with van der Waals surface area (Å²) >= 11 is 0. The zero-order valence-electron chi connectivity index (χ0n) is 9.75. The highest BCUT2D eigenvalue weighted by Gasteiger charge is 2.03. The molecule has 0 aliphatic carbocycles. The van der Waals surface area contributed by atoms with Crippen LogP contribution in [0.15, 0.2) is 35.5 Å². The summed E-state index contributed by atoms with van der Waals surface area (Å²) in [5, 5.41) is 3.32. The highest BCUT2D eigenvalue weighted by atomic mass is 16.5. The van der Waals surface area contributed by atoms with Gasteiger partial charge in [0.05, 0.1) is 30.2 Å². The average Bonchev–Trinajstić information content (AvgIpc) is 2.39. The summed E-state index contributed by atoms with van der Waals surface area (Å²) < 4.78 is 4.82. The van der Waals surface area contributed by atoms with E-state index in [0.29, 0.717) is 17.8 Å². The Hall–Kier alpha value is -2.63. The van der Waals surface area contributed by atoms with Crippen LogP contribution in [0.2, 0.25) is 0 Å². The zero-order valence-corrected chi connectivity index (χ0v) is 9.75. The number of ether oxygens (including phenoxy) is 1. The van der Waals surface area contributed by atoms with Gasteiger partial charge in [-0.3, -0.25) is 9.78 Å². The fourth-order valence-electron chi connectivity index (χ4n) is 1.54. The Labute approximate surface area is 103 Å². The molecule has 2 rings (SSSR count). The summed E-state index contributed by atoms with van der Waals surface area (Å²) in [6, 6.07) is 7.31. The van der Waals surface area contributed by atoms with Crippen LogP contribution in [-0.2, 0) is 9.53 Å². The quantitative estimate of drug-likeness (QED) is 0.485. The van der Waals surface area contributed by atoms with Crippen LogP contribution in [0, 0.1) is 0 Å². The minimum absolute atomic E-state index is 0.0660. The van der Waals surface area contributed by atoms with E-state index in [-0.39, 0.29) is 6.02 Å². The lowest BCUT2D eigenvalue weighted by Gasteiger charge is -2.05. The van der Waals surface area contributed by atoms with Crippen molar-refractivity contribution in [2.45, 2.75) is 0 Å². The lowest BCUT2D eigenvalue weighted by Crippen LogP contribution is -2.12. The third kappa shape index (κ3) is 2.37. The van der Waals surface area contributed by atoms with Gasteiger partial charge in [-0.2, -0.15) is 4.99 Å². The number of amidine groups is 1. The van der Waals surface area contributed by atoms with Gasteiger partial charge in [0.1, 0.15) is 0 Å². The van der Waals surface area contributed by atoms with E-state index < -0.39 is 0 Å². The summed E-state index contributed by atoms with van der Waals surface area (Å²) in [5.41, 5.74) is 7.52. The fraction of sp³-hybridized carbons (Fsp3) is 0.0833. The Morgan fingerprint density at radius 2 is 2.39 bits per heavy atom. The second kappa shape index (κ2) is 5.13. The molecule has 18 heavy (non-hydrogen) atoms. The number of fused-ring (bicyclic) bond motifs is 1. The lowest BCUT2D eigenvalue weighted by atomic mass is 10.2. The van der Waals surface area contributed by atoms with Gasteiger partial charge in [-0.1, -0.05) is 6.07 Å². The van der Waals surface area contributed by atoms with Crippen LogP contribution in [0.3, 0.4) is 0 Å². The Morgan fingerprint density at radius 3 is 3.11 bits per heavy atom. The van der Waals surface area contributed by atoms with Gasteiger partial charge < -0.3 is 15.8 Å². The van der Waals surface area contributed by atoms with Gasteiger partial charge in [-0.25, -0.2) is 0 Å². The molecule has 0 unspecified atom stereocenters. The van der Waals surface area contributed by atoms with Crippen LogP contribution in [0.5, 0.6) is 0 Å². The van der Waals surface area contributed by atoms with Gasteiger partial charge in [0.15, 0.2) is 0 Å². The number of rotatable bonds is 3. The van der Waals surface area contributed by atoms with Crippen molar-refractivity contribution in [1.29, 1.82) is 0 Å². The smallest absolute Gasteiger partial charge is 0.286 e. The normalized spacial score (nSPS) is 11.3. The Kier molecular flexibility index (Phi) is 3.38. The van der Waals surface area contributed by atoms with E-state index in [0.717, 1.165) is 10.9 Å². The number of carbonyl (C=O) groups excluding carboxylic acids is 1. The first-order valence-electron chi connectivity index (χ1n) is 5.21. The highest BCUT2D eigenvalue weighted by Crippen LogP contribution is 2.26. The van der Waals surface area contributed by atoms with Crippen LogP contribution < -0.4 is 11.1 Å². The molecular weight excluding hydrogens is 232 g/mol. The standard InChI is InChI=1S/C12H12N4O2/c1-18-12(13)16-11-4-2-3-10-9(11)5-8(6-14-10)15-7-17/h2-7H,1H3,(H2,13,16)(H,15,17). The molecule has 0 atom stereocenters. The minimum Gasteiger partial charge on any atom is -0.469 e. The van der Waals surface area contributed by atoms with Crippen molar-refractivity contribution < 1.29 is 9.53 Å². The molecule has 1 amide bonds. The molecular formula is C12H12N4O2. The van der Waals surface area contributed by atoms with Gasteiger partial charge in [0.2, 0.25) is 6.41 Å². The third-order valence-corrected chi connectivity index (χ3v) is 2.37. The van der Waals surface area contributed by atoms with Crippen LogP contribution in [0.25, 0.3) is 10.9 Å². The van der Waals surface area contributed by atoms with E-state index >= 15 is 0 Å². The van der Waals surface area contributed by atoms with Crippen molar-refractivity contribution in [3.8, 4) is 0 Å². The summed E-state index contributed by atoms with van der Waals surface area (Å²) in [4.78, 5) is 18.8. The average molecular weight is 244 g/mol. The molecule has 6 nitrogen and oxygen atoms in total. The van der Waals surface area contributed by atoms with Crippen LogP contribution in [0.4, 0.5) is 11.4 Å². The molecule has 1 aromatic carbocycles. The van der Waals surface area contributed by atoms with Crippen molar-refractivity contribution in [3.63, 3.8) is 0 Å². The number of aliphatic imine (C=N–C) groups is 1. The number of carbonyl (C=O) groups is 1. The van der Waals surface area contributed by atoms with Crippen molar-refractivity contribution in [1.82, 2.24) is 4.98 Å². The number of nitrogens with two attached hydrogens (primary N) is 1. The number of hydrogen-bond donors (Lipinski definition) is 2. The van der Waals surface area contributed by atoms with E-state index in [9.17, 15) is 4.79 Å². The van der Waals surface area contributed by atoms with Crippen LogP contribution in [-0.4, -0.2) is 24.5 Å². The summed E-state index contributed by atoms with van der Waals surface area (Å²) in [5.74, 6) is 0. The second-order valence-electron chi connectivity index (χ2n) is 3.48. The molecule has 0 spiro atoms. The number of nitrogens with one attached hydrogen (secondary N) is 1. The Morgan fingerprint density at radius 1 is 1.56 bits per heavy atom. The fourth-order valence-corrected chi connectivity index (χ4v) is 1.54. The SMILES string of the molecule is COC(N)=Nc1cccc2ncc(NC=O)cc12. The number of anilines is 1. The van der Waals surface area contributed by atoms with Crippen LogP contribution in [0.1, 0.15) is 0 Å². The van der Waals surface area contributed by atoms with E-state index in [2.05, 4.69) is 15.3 Å². The number of benzene rings is 1. The lowest BCUT2D eigenvalue weighted by molar-refractivity contribution is -0.105. The summed E-state index contributed by atoms with van der Waals surface area (Å²) in [7, 11) is 1.45. The van der Waals surface area contributed by atoms with E-state index in [1.54, 1.807) is 18.3 Å². The van der Waals surface area contributed by atoms with Gasteiger partial charge >= 0.3 is 0 Å². The van der Waals surface area contributed by atoms with Gasteiger partial charge in [0.25, 0.3) is 6.02 Å². The number of pyridine rings is 1. The summed E-state index contributed by atoms with van der Waals surface area (Å²) in [6.45, 7) is 0. The first-order chi connectivity index (χ1) is 8.74. The third-order valence-electron chi connectivity index (χ3n) is 2.37. The molecule has 0 bridgehead atoms. The first kappa shape index (κ1) is 11.8. The predicted molar refractivity (Wildman–Crippen MR) is 69.7 cm³/mol. The van der Waals surface area contributed by atoms with Gasteiger partial charge in [-0.05, 0) is 18.2 Å². The van der Waals surface area contributed by atoms with Crippen LogP contribution >= 0.6 is 0 Å². The van der Waals surface area contributed by atoms with Gasteiger partial charge in [0, 0.05) is 5.39 Å². The van der Waals surface area contributed by atoms with E-state index in [4.69, 9.17) is 10.5 Å². The number of aromatic nitrogens is 1. The topological polar surface area (TPSA) is 89.6 Å². The van der Waals surface area contributed by atoms with E-state index in [1.807, 2.05) is 12.1 Å². The molecule has 0 aliphatic heterocycles. The van der Waals surface area contributed by atoms with Crippen molar-refractivity contribution >= 4 is 34.7 Å². The molecule has 1 heterocycles. The summed E-state index contributed by atoms with van der Waals surface area (Å²) in [6.07, 6.45) is 2.17. The van der Waals surface area contributed by atoms with Crippen molar-refractivity contribution in [3.05, 3.63) is 30.5 Å².